The molecule has 146 valence electrons. The van der Waals surface area contributed by atoms with E-state index in [9.17, 15) is 13.2 Å². The fraction of sp³-hybridized carbons (Fsp3) is 0.300. The van der Waals surface area contributed by atoms with Crippen LogP contribution >= 0.6 is 0 Å². The van der Waals surface area contributed by atoms with Crippen LogP contribution in [-0.4, -0.2) is 41.5 Å². The average Bonchev–Trinajstić information content (AvgIpc) is 3.15. The summed E-state index contributed by atoms with van der Waals surface area (Å²) in [6.07, 6.45) is 1.85. The number of fused-ring (bicyclic) bond motifs is 1. The Hall–Kier alpha value is -2.71. The van der Waals surface area contributed by atoms with Crippen molar-refractivity contribution in [3.05, 3.63) is 64.7 Å². The van der Waals surface area contributed by atoms with Gasteiger partial charge in [0.1, 0.15) is 16.7 Å². The molecule has 28 heavy (non-hydrogen) atoms. The van der Waals surface area contributed by atoms with E-state index >= 15 is 0 Å². The van der Waals surface area contributed by atoms with Gasteiger partial charge < -0.3 is 9.30 Å². The summed E-state index contributed by atoms with van der Waals surface area (Å²) in [5, 5.41) is 0.783. The van der Waals surface area contributed by atoms with Crippen LogP contribution in [-0.2, 0) is 17.1 Å². The number of nitrogens with zero attached hydrogens (tertiary/aromatic N) is 3. The standard InChI is InChI=1S/C20H21N3O4S/c1-14-11-17(12-19(24)22(14)2)27-16-8-10-23(13-16)28(25,26)18-7-3-5-15-6-4-9-21-20(15)18/h3-7,9,11-12,16H,8,10,13H2,1-2H3/t16-/m0/s1. The Bertz CT molecular complexity index is 1200. The minimum absolute atomic E-state index is 0.153. The van der Waals surface area contributed by atoms with Crippen LogP contribution in [0.25, 0.3) is 10.9 Å². The van der Waals surface area contributed by atoms with Crippen LogP contribution in [0.5, 0.6) is 5.75 Å². The van der Waals surface area contributed by atoms with Gasteiger partial charge in [-0.15, -0.1) is 0 Å². The summed E-state index contributed by atoms with van der Waals surface area (Å²) < 4.78 is 35.2. The zero-order chi connectivity index (χ0) is 19.9. The molecule has 1 atom stereocenters. The Morgan fingerprint density at radius 3 is 2.75 bits per heavy atom. The Morgan fingerprint density at radius 1 is 1.18 bits per heavy atom. The maximum Gasteiger partial charge on any atom is 0.254 e. The van der Waals surface area contributed by atoms with E-state index in [4.69, 9.17) is 4.74 Å². The summed E-state index contributed by atoms with van der Waals surface area (Å²) >= 11 is 0. The quantitative estimate of drug-likeness (QED) is 0.671. The van der Waals surface area contributed by atoms with Crippen molar-refractivity contribution in [2.45, 2.75) is 24.3 Å². The third-order valence-electron chi connectivity index (χ3n) is 5.10. The van der Waals surface area contributed by atoms with Gasteiger partial charge in [0, 0.05) is 36.9 Å². The zero-order valence-electron chi connectivity index (χ0n) is 15.7. The second kappa shape index (κ2) is 7.03. The fourth-order valence-electron chi connectivity index (χ4n) is 3.43. The molecule has 0 saturated carbocycles. The van der Waals surface area contributed by atoms with E-state index in [-0.39, 0.29) is 23.1 Å². The number of para-hydroxylation sites is 1. The monoisotopic (exact) mass is 399 g/mol. The molecule has 0 N–H and O–H groups in total. The lowest BCUT2D eigenvalue weighted by molar-refractivity contribution is 0.214. The van der Waals surface area contributed by atoms with Gasteiger partial charge in [0.2, 0.25) is 10.0 Å². The van der Waals surface area contributed by atoms with Gasteiger partial charge in [0.15, 0.2) is 0 Å². The third kappa shape index (κ3) is 3.29. The Labute approximate surface area is 163 Å². The predicted molar refractivity (Wildman–Crippen MR) is 106 cm³/mol. The molecule has 0 aliphatic carbocycles. The molecule has 3 aromatic rings. The minimum Gasteiger partial charge on any atom is -0.489 e. The number of ether oxygens (including phenoxy) is 1. The van der Waals surface area contributed by atoms with Crippen molar-refractivity contribution in [2.24, 2.45) is 7.05 Å². The lowest BCUT2D eigenvalue weighted by Gasteiger charge is -2.18. The van der Waals surface area contributed by atoms with Crippen molar-refractivity contribution in [1.29, 1.82) is 0 Å². The third-order valence-corrected chi connectivity index (χ3v) is 7.00. The first-order valence-electron chi connectivity index (χ1n) is 9.04. The molecule has 0 amide bonds. The molecule has 7 nitrogen and oxygen atoms in total. The van der Waals surface area contributed by atoms with E-state index in [0.717, 1.165) is 11.1 Å². The van der Waals surface area contributed by atoms with Crippen LogP contribution < -0.4 is 10.3 Å². The van der Waals surface area contributed by atoms with Gasteiger partial charge in [-0.1, -0.05) is 18.2 Å². The number of hydrogen-bond donors (Lipinski definition) is 0. The predicted octanol–water partition coefficient (Wildman–Crippen LogP) is 2.08. The number of hydrogen-bond acceptors (Lipinski definition) is 5. The van der Waals surface area contributed by atoms with Crippen molar-refractivity contribution >= 4 is 20.9 Å². The second-order valence-corrected chi connectivity index (χ2v) is 8.86. The maximum atomic E-state index is 13.2. The van der Waals surface area contributed by atoms with E-state index in [1.54, 1.807) is 37.5 Å². The van der Waals surface area contributed by atoms with Gasteiger partial charge >= 0.3 is 0 Å². The van der Waals surface area contributed by atoms with Gasteiger partial charge in [-0.2, -0.15) is 4.31 Å². The SMILES string of the molecule is Cc1cc(O[C@H]2CCN(S(=O)(=O)c3cccc4cccnc34)C2)cc(=O)n1C. The van der Waals surface area contributed by atoms with Gasteiger partial charge in [0.05, 0.1) is 12.1 Å². The van der Waals surface area contributed by atoms with Crippen LogP contribution in [0.15, 0.2) is 58.4 Å². The number of pyridine rings is 2. The summed E-state index contributed by atoms with van der Waals surface area (Å²) in [6, 6.07) is 12.0. The lowest BCUT2D eigenvalue weighted by atomic mass is 10.2. The number of sulfonamides is 1. The van der Waals surface area contributed by atoms with Crippen LogP contribution in [0.4, 0.5) is 0 Å². The highest BCUT2D eigenvalue weighted by molar-refractivity contribution is 7.89. The summed E-state index contributed by atoms with van der Waals surface area (Å²) in [4.78, 5) is 16.4. The summed E-state index contributed by atoms with van der Waals surface area (Å²) in [5.41, 5.74) is 1.10. The molecule has 2 aromatic heterocycles. The molecule has 0 unspecified atom stereocenters. The van der Waals surface area contributed by atoms with E-state index in [1.807, 2.05) is 19.1 Å². The van der Waals surface area contributed by atoms with Crippen LogP contribution in [0, 0.1) is 6.92 Å². The van der Waals surface area contributed by atoms with E-state index in [1.165, 1.54) is 14.9 Å². The van der Waals surface area contributed by atoms with Crippen molar-refractivity contribution in [3.63, 3.8) is 0 Å². The molecule has 0 spiro atoms. The summed E-state index contributed by atoms with van der Waals surface area (Å²) in [7, 11) is -1.99. The normalized spacial score (nSPS) is 17.9. The smallest absolute Gasteiger partial charge is 0.254 e. The minimum atomic E-state index is -3.69. The number of aryl methyl sites for hydroxylation is 1. The molecule has 0 bridgehead atoms. The van der Waals surface area contributed by atoms with E-state index in [0.29, 0.717) is 24.2 Å². The first-order chi connectivity index (χ1) is 13.4. The molecule has 1 aromatic carbocycles. The van der Waals surface area contributed by atoms with Crippen molar-refractivity contribution in [3.8, 4) is 5.75 Å². The van der Waals surface area contributed by atoms with Crippen LogP contribution in [0.3, 0.4) is 0 Å². The van der Waals surface area contributed by atoms with Crippen molar-refractivity contribution in [2.75, 3.05) is 13.1 Å². The summed E-state index contributed by atoms with van der Waals surface area (Å²) in [6.45, 7) is 2.42. The highest BCUT2D eigenvalue weighted by atomic mass is 32.2. The topological polar surface area (TPSA) is 81.5 Å². The zero-order valence-corrected chi connectivity index (χ0v) is 16.5. The molecule has 0 radical (unpaired) electrons. The summed E-state index contributed by atoms with van der Waals surface area (Å²) in [5.74, 6) is 0.469. The van der Waals surface area contributed by atoms with Crippen LogP contribution in [0.2, 0.25) is 0 Å². The number of rotatable bonds is 4. The van der Waals surface area contributed by atoms with Crippen LogP contribution in [0.1, 0.15) is 12.1 Å². The number of aromatic nitrogens is 2. The molecule has 1 saturated heterocycles. The molecule has 1 aliphatic rings. The Kier molecular flexibility index (Phi) is 4.68. The van der Waals surface area contributed by atoms with Gasteiger partial charge in [0.25, 0.3) is 5.56 Å². The molecular weight excluding hydrogens is 378 g/mol. The largest absolute Gasteiger partial charge is 0.489 e. The van der Waals surface area contributed by atoms with E-state index in [2.05, 4.69) is 4.98 Å². The van der Waals surface area contributed by atoms with Crippen molar-refractivity contribution in [1.82, 2.24) is 13.9 Å². The maximum absolute atomic E-state index is 13.2. The fourth-order valence-corrected chi connectivity index (χ4v) is 5.08. The average molecular weight is 399 g/mol. The highest BCUT2D eigenvalue weighted by Gasteiger charge is 2.34. The lowest BCUT2D eigenvalue weighted by Crippen LogP contribution is -2.31. The van der Waals surface area contributed by atoms with Gasteiger partial charge in [-0.05, 0) is 31.5 Å². The Morgan fingerprint density at radius 2 is 1.96 bits per heavy atom. The number of benzene rings is 1. The molecule has 4 rings (SSSR count). The Balaban J connectivity index is 1.57. The van der Waals surface area contributed by atoms with E-state index < -0.39 is 10.0 Å². The molecule has 3 heterocycles. The molecular formula is C20H21N3O4S. The molecule has 8 heteroatoms. The van der Waals surface area contributed by atoms with Gasteiger partial charge in [-0.25, -0.2) is 8.42 Å². The second-order valence-electron chi connectivity index (χ2n) is 6.95. The first-order valence-corrected chi connectivity index (χ1v) is 10.5. The first kappa shape index (κ1) is 18.6. The molecule has 1 aliphatic heterocycles. The molecule has 1 fully saturated rings. The highest BCUT2D eigenvalue weighted by Crippen LogP contribution is 2.28. The van der Waals surface area contributed by atoms with Crippen molar-refractivity contribution < 1.29 is 13.2 Å². The van der Waals surface area contributed by atoms with Gasteiger partial charge in [-0.3, -0.25) is 9.78 Å².